The summed E-state index contributed by atoms with van der Waals surface area (Å²) >= 11 is 0. The highest BCUT2D eigenvalue weighted by molar-refractivity contribution is 5.67. The molecule has 0 saturated carbocycles. The number of hydrogen-bond donors (Lipinski definition) is 1. The molecule has 1 N–H and O–H groups in total. The Labute approximate surface area is 130 Å². The van der Waals surface area contributed by atoms with Crippen LogP contribution in [0, 0.1) is 5.82 Å². The quantitative estimate of drug-likeness (QED) is 0.882. The van der Waals surface area contributed by atoms with Gasteiger partial charge in [-0.15, -0.1) is 0 Å². The lowest BCUT2D eigenvalue weighted by molar-refractivity contribution is -0.196. The Morgan fingerprint density at radius 1 is 1.05 bits per heavy atom. The predicted octanol–water partition coefficient (Wildman–Crippen LogP) is 3.43. The number of anilines is 1. The fourth-order valence-electron chi connectivity index (χ4n) is 2.87. The smallest absolute Gasteiger partial charge is 0.168 e. The van der Waals surface area contributed by atoms with Crippen molar-refractivity contribution < 1.29 is 14.2 Å². The van der Waals surface area contributed by atoms with E-state index in [2.05, 4.69) is 4.90 Å². The second-order valence-electron chi connectivity index (χ2n) is 5.66. The number of methoxy groups -OCH3 is 1. The topological polar surface area (TPSA) is 32.7 Å². The zero-order chi connectivity index (χ0) is 15.6. The highest BCUT2D eigenvalue weighted by Gasteiger charge is 2.31. The molecule has 0 bridgehead atoms. The van der Waals surface area contributed by atoms with Crippen LogP contribution in [0.25, 0.3) is 11.1 Å². The molecule has 3 nitrogen and oxygen atoms in total. The van der Waals surface area contributed by atoms with Crippen molar-refractivity contribution in [3.63, 3.8) is 0 Å². The van der Waals surface area contributed by atoms with Crippen molar-refractivity contribution in [1.29, 1.82) is 0 Å². The van der Waals surface area contributed by atoms with E-state index in [4.69, 9.17) is 4.74 Å². The average molecular weight is 301 g/mol. The minimum atomic E-state index is -0.996. The van der Waals surface area contributed by atoms with Crippen molar-refractivity contribution >= 4 is 5.69 Å². The van der Waals surface area contributed by atoms with Gasteiger partial charge in [0.2, 0.25) is 0 Å². The van der Waals surface area contributed by atoms with Gasteiger partial charge >= 0.3 is 0 Å². The number of rotatable bonds is 3. The third-order valence-electron chi connectivity index (χ3n) is 4.34. The average Bonchev–Trinajstić information content (AvgIpc) is 2.56. The van der Waals surface area contributed by atoms with Gasteiger partial charge in [0.1, 0.15) is 5.82 Å². The molecule has 22 heavy (non-hydrogen) atoms. The van der Waals surface area contributed by atoms with Crippen LogP contribution in [0.1, 0.15) is 12.8 Å². The van der Waals surface area contributed by atoms with E-state index in [9.17, 15) is 9.50 Å². The molecular weight excluding hydrogens is 281 g/mol. The predicted molar refractivity (Wildman–Crippen MR) is 85.2 cm³/mol. The molecular formula is C18H20FNO2. The third kappa shape index (κ3) is 2.98. The molecule has 0 amide bonds. The number of benzene rings is 2. The van der Waals surface area contributed by atoms with Gasteiger partial charge in [0, 0.05) is 44.3 Å². The number of piperidine rings is 1. The third-order valence-corrected chi connectivity index (χ3v) is 4.34. The zero-order valence-electron chi connectivity index (χ0n) is 12.6. The lowest BCUT2D eigenvalue weighted by atomic mass is 10.0. The lowest BCUT2D eigenvalue weighted by Gasteiger charge is -2.38. The molecule has 2 aromatic rings. The molecule has 116 valence electrons. The van der Waals surface area contributed by atoms with Crippen LogP contribution < -0.4 is 4.90 Å². The molecule has 1 fully saturated rings. The SMILES string of the molecule is COC1(O)CCN(c2ccc(-c3ccccc3F)cc2)CC1. The molecule has 0 aromatic heterocycles. The van der Waals surface area contributed by atoms with Gasteiger partial charge in [-0.2, -0.15) is 0 Å². The van der Waals surface area contributed by atoms with E-state index in [1.54, 1.807) is 19.2 Å². The molecule has 0 unspecified atom stereocenters. The van der Waals surface area contributed by atoms with E-state index < -0.39 is 5.79 Å². The van der Waals surface area contributed by atoms with Crippen molar-refractivity contribution in [3.05, 3.63) is 54.3 Å². The first-order valence-electron chi connectivity index (χ1n) is 7.49. The highest BCUT2D eigenvalue weighted by atomic mass is 19.1. The first-order chi connectivity index (χ1) is 10.6. The normalized spacial score (nSPS) is 17.5. The number of aliphatic hydroxyl groups is 1. The number of nitrogens with zero attached hydrogens (tertiary/aromatic N) is 1. The lowest BCUT2D eigenvalue weighted by Crippen LogP contribution is -2.45. The largest absolute Gasteiger partial charge is 0.371 e. The van der Waals surface area contributed by atoms with E-state index in [-0.39, 0.29) is 5.82 Å². The summed E-state index contributed by atoms with van der Waals surface area (Å²) in [4.78, 5) is 2.21. The van der Waals surface area contributed by atoms with Gasteiger partial charge < -0.3 is 14.7 Å². The van der Waals surface area contributed by atoms with E-state index in [1.165, 1.54) is 6.07 Å². The Kier molecular flexibility index (Phi) is 4.14. The minimum absolute atomic E-state index is 0.210. The minimum Gasteiger partial charge on any atom is -0.371 e. The molecule has 4 heteroatoms. The molecule has 0 radical (unpaired) electrons. The molecule has 2 aromatic carbocycles. The van der Waals surface area contributed by atoms with Crippen LogP contribution in [0.2, 0.25) is 0 Å². The molecule has 1 saturated heterocycles. The van der Waals surface area contributed by atoms with Crippen LogP contribution in [0.5, 0.6) is 0 Å². The van der Waals surface area contributed by atoms with Crippen LogP contribution in [-0.4, -0.2) is 31.1 Å². The summed E-state index contributed by atoms with van der Waals surface area (Å²) in [6.45, 7) is 1.48. The van der Waals surface area contributed by atoms with Gasteiger partial charge in [-0.1, -0.05) is 30.3 Å². The van der Waals surface area contributed by atoms with Gasteiger partial charge in [-0.3, -0.25) is 0 Å². The van der Waals surface area contributed by atoms with Crippen molar-refractivity contribution in [3.8, 4) is 11.1 Å². The summed E-state index contributed by atoms with van der Waals surface area (Å²) in [6, 6.07) is 14.7. The Bertz CT molecular complexity index is 634. The Morgan fingerprint density at radius 2 is 1.68 bits per heavy atom. The van der Waals surface area contributed by atoms with Crippen LogP contribution in [0.15, 0.2) is 48.5 Å². The van der Waals surface area contributed by atoms with Crippen LogP contribution in [0.3, 0.4) is 0 Å². The summed E-state index contributed by atoms with van der Waals surface area (Å²) in [6.07, 6.45) is 1.16. The van der Waals surface area contributed by atoms with E-state index in [1.807, 2.05) is 30.3 Å². The maximum absolute atomic E-state index is 13.8. The Balaban J connectivity index is 1.74. The van der Waals surface area contributed by atoms with E-state index in [0.29, 0.717) is 18.4 Å². The summed E-state index contributed by atoms with van der Waals surface area (Å²) < 4.78 is 18.9. The summed E-state index contributed by atoms with van der Waals surface area (Å²) in [5.41, 5.74) is 2.56. The maximum atomic E-state index is 13.8. The van der Waals surface area contributed by atoms with Gasteiger partial charge in [-0.05, 0) is 23.8 Å². The van der Waals surface area contributed by atoms with Gasteiger partial charge in [0.05, 0.1) is 0 Å². The van der Waals surface area contributed by atoms with Crippen LogP contribution in [-0.2, 0) is 4.74 Å². The number of ether oxygens (including phenoxy) is 1. The number of hydrogen-bond acceptors (Lipinski definition) is 3. The fourth-order valence-corrected chi connectivity index (χ4v) is 2.87. The van der Waals surface area contributed by atoms with Gasteiger partial charge in [0.25, 0.3) is 0 Å². The second kappa shape index (κ2) is 6.07. The second-order valence-corrected chi connectivity index (χ2v) is 5.66. The molecule has 0 aliphatic carbocycles. The summed E-state index contributed by atoms with van der Waals surface area (Å²) in [7, 11) is 1.54. The van der Waals surface area contributed by atoms with Crippen molar-refractivity contribution in [1.82, 2.24) is 0 Å². The molecule has 1 heterocycles. The summed E-state index contributed by atoms with van der Waals surface area (Å²) in [5.74, 6) is -1.21. The van der Waals surface area contributed by atoms with Crippen molar-refractivity contribution in [2.24, 2.45) is 0 Å². The number of halogens is 1. The van der Waals surface area contributed by atoms with E-state index in [0.717, 1.165) is 24.3 Å². The van der Waals surface area contributed by atoms with Crippen LogP contribution >= 0.6 is 0 Å². The van der Waals surface area contributed by atoms with Gasteiger partial charge in [-0.25, -0.2) is 4.39 Å². The van der Waals surface area contributed by atoms with Gasteiger partial charge in [0.15, 0.2) is 5.79 Å². The molecule has 0 atom stereocenters. The molecule has 1 aliphatic heterocycles. The van der Waals surface area contributed by atoms with Crippen molar-refractivity contribution in [2.75, 3.05) is 25.1 Å². The standard InChI is InChI=1S/C18H20FNO2/c1-22-18(21)10-12-20(13-11-18)15-8-6-14(7-9-15)16-4-2-3-5-17(16)19/h2-9,21H,10-13H2,1H3. The monoisotopic (exact) mass is 301 g/mol. The maximum Gasteiger partial charge on any atom is 0.168 e. The first-order valence-corrected chi connectivity index (χ1v) is 7.49. The molecule has 0 spiro atoms. The molecule has 3 rings (SSSR count). The van der Waals surface area contributed by atoms with Crippen LogP contribution in [0.4, 0.5) is 10.1 Å². The fraction of sp³-hybridized carbons (Fsp3) is 0.333. The Hall–Kier alpha value is -1.91. The van der Waals surface area contributed by atoms with Crippen molar-refractivity contribution in [2.45, 2.75) is 18.6 Å². The Morgan fingerprint density at radius 3 is 2.27 bits per heavy atom. The van der Waals surface area contributed by atoms with E-state index >= 15 is 0 Å². The highest BCUT2D eigenvalue weighted by Crippen LogP contribution is 2.29. The summed E-state index contributed by atoms with van der Waals surface area (Å²) in [5, 5.41) is 10.1. The first kappa shape index (κ1) is 15.0. The molecule has 1 aliphatic rings. The zero-order valence-corrected chi connectivity index (χ0v) is 12.6.